The third-order valence-corrected chi connectivity index (χ3v) is 2.15. The van der Waals surface area contributed by atoms with Gasteiger partial charge in [0.1, 0.15) is 18.8 Å². The summed E-state index contributed by atoms with van der Waals surface area (Å²) in [5, 5.41) is 0. The van der Waals surface area contributed by atoms with E-state index in [9.17, 15) is 9.59 Å². The monoisotopic (exact) mass is 216 g/mol. The molecule has 1 unspecified atom stereocenters. The predicted octanol–water partition coefficient (Wildman–Crippen LogP) is 0.659. The van der Waals surface area contributed by atoms with Crippen molar-refractivity contribution in [2.75, 3.05) is 6.61 Å². The van der Waals surface area contributed by atoms with Gasteiger partial charge in [0.2, 0.25) is 0 Å². The molecule has 0 bridgehead atoms. The van der Waals surface area contributed by atoms with Gasteiger partial charge in [-0.05, 0) is 6.92 Å². The Morgan fingerprint density at radius 1 is 1.33 bits per heavy atom. The molecule has 0 radical (unpaired) electrons. The number of esters is 2. The Hall–Kier alpha value is -1.10. The summed E-state index contributed by atoms with van der Waals surface area (Å²) in [6.07, 6.45) is 0.0189. The molecule has 1 aliphatic heterocycles. The Labute approximate surface area is 88.7 Å². The van der Waals surface area contributed by atoms with Gasteiger partial charge in [0.25, 0.3) is 0 Å². The highest BCUT2D eigenvalue weighted by Gasteiger charge is 2.35. The van der Waals surface area contributed by atoms with Crippen LogP contribution < -0.4 is 0 Å². The SMILES string of the molecule is CC(=O)OC[C@H]1OC(C)C[C@@H]1OC(C)=O. The highest BCUT2D eigenvalue weighted by Crippen LogP contribution is 2.23. The van der Waals surface area contributed by atoms with Crippen molar-refractivity contribution < 1.29 is 23.8 Å². The van der Waals surface area contributed by atoms with Gasteiger partial charge in [0.15, 0.2) is 0 Å². The number of hydrogen-bond donors (Lipinski definition) is 0. The average Bonchev–Trinajstić information content (AvgIpc) is 2.41. The fourth-order valence-electron chi connectivity index (χ4n) is 1.60. The Morgan fingerprint density at radius 2 is 2.00 bits per heavy atom. The molecule has 0 saturated carbocycles. The van der Waals surface area contributed by atoms with Crippen LogP contribution in [0.5, 0.6) is 0 Å². The summed E-state index contributed by atoms with van der Waals surface area (Å²) in [5.74, 6) is -0.703. The minimum absolute atomic E-state index is 0.0231. The van der Waals surface area contributed by atoms with Gasteiger partial charge in [0, 0.05) is 20.3 Å². The van der Waals surface area contributed by atoms with Crippen molar-refractivity contribution in [2.24, 2.45) is 0 Å². The second kappa shape index (κ2) is 5.11. The standard InChI is InChI=1S/C10H16O5/c1-6-4-9(15-8(3)12)10(14-6)5-13-7(2)11/h6,9-10H,4-5H2,1-3H3/t6?,9-,10+/m0/s1. The van der Waals surface area contributed by atoms with Crippen LogP contribution >= 0.6 is 0 Å². The number of ether oxygens (including phenoxy) is 3. The molecule has 1 heterocycles. The topological polar surface area (TPSA) is 61.8 Å². The molecule has 0 aromatic heterocycles. The second-order valence-electron chi connectivity index (χ2n) is 3.67. The van der Waals surface area contributed by atoms with Gasteiger partial charge < -0.3 is 14.2 Å². The highest BCUT2D eigenvalue weighted by atomic mass is 16.6. The van der Waals surface area contributed by atoms with Gasteiger partial charge in [0.05, 0.1) is 6.10 Å². The zero-order valence-corrected chi connectivity index (χ0v) is 9.19. The molecule has 0 aromatic carbocycles. The smallest absolute Gasteiger partial charge is 0.302 e. The summed E-state index contributed by atoms with van der Waals surface area (Å²) < 4.78 is 15.4. The molecule has 1 rings (SSSR count). The second-order valence-corrected chi connectivity index (χ2v) is 3.67. The van der Waals surface area contributed by atoms with E-state index in [4.69, 9.17) is 14.2 Å². The van der Waals surface area contributed by atoms with Crippen molar-refractivity contribution in [3.05, 3.63) is 0 Å². The van der Waals surface area contributed by atoms with Crippen molar-refractivity contribution in [1.29, 1.82) is 0 Å². The van der Waals surface area contributed by atoms with Crippen LogP contribution in [0.3, 0.4) is 0 Å². The molecule has 0 amide bonds. The van der Waals surface area contributed by atoms with Crippen LogP contribution in [0.2, 0.25) is 0 Å². The summed E-state index contributed by atoms with van der Waals surface area (Å²) in [5.41, 5.74) is 0. The lowest BCUT2D eigenvalue weighted by atomic mass is 10.1. The Balaban J connectivity index is 2.45. The van der Waals surface area contributed by atoms with Crippen LogP contribution in [0.1, 0.15) is 27.2 Å². The number of rotatable bonds is 3. The molecule has 1 saturated heterocycles. The lowest BCUT2D eigenvalue weighted by molar-refractivity contribution is -0.154. The van der Waals surface area contributed by atoms with Crippen LogP contribution in [0.4, 0.5) is 0 Å². The first-order chi connectivity index (χ1) is 6.99. The zero-order chi connectivity index (χ0) is 11.4. The summed E-state index contributed by atoms with van der Waals surface area (Å²) in [6, 6.07) is 0. The van der Waals surface area contributed by atoms with Gasteiger partial charge in [-0.1, -0.05) is 0 Å². The summed E-state index contributed by atoms with van der Waals surface area (Å²) in [4.78, 5) is 21.4. The van der Waals surface area contributed by atoms with Crippen molar-refractivity contribution in [2.45, 2.75) is 45.5 Å². The molecule has 1 aliphatic rings. The molecule has 86 valence electrons. The molecular weight excluding hydrogens is 200 g/mol. The summed E-state index contributed by atoms with van der Waals surface area (Å²) >= 11 is 0. The third kappa shape index (κ3) is 3.87. The number of carbonyl (C=O) groups is 2. The fraction of sp³-hybridized carbons (Fsp3) is 0.800. The molecule has 5 heteroatoms. The molecule has 1 fully saturated rings. The third-order valence-electron chi connectivity index (χ3n) is 2.15. The van der Waals surface area contributed by atoms with Gasteiger partial charge in [-0.2, -0.15) is 0 Å². The summed E-state index contributed by atoms with van der Waals surface area (Å²) in [7, 11) is 0. The molecule has 15 heavy (non-hydrogen) atoms. The Kier molecular flexibility index (Phi) is 4.08. The molecule has 0 N–H and O–H groups in total. The van der Waals surface area contributed by atoms with Gasteiger partial charge in [-0.15, -0.1) is 0 Å². The van der Waals surface area contributed by atoms with Crippen LogP contribution in [0, 0.1) is 0 Å². The minimum atomic E-state index is -0.361. The molecule has 0 spiro atoms. The summed E-state index contributed by atoms with van der Waals surface area (Å²) in [6.45, 7) is 4.72. The van der Waals surface area contributed by atoms with Crippen molar-refractivity contribution in [3.8, 4) is 0 Å². The number of hydrogen-bond acceptors (Lipinski definition) is 5. The lowest BCUT2D eigenvalue weighted by Gasteiger charge is -2.17. The normalized spacial score (nSPS) is 29.9. The maximum Gasteiger partial charge on any atom is 0.302 e. The first kappa shape index (κ1) is 12.0. The zero-order valence-electron chi connectivity index (χ0n) is 9.19. The minimum Gasteiger partial charge on any atom is -0.463 e. The maximum absolute atomic E-state index is 10.8. The maximum atomic E-state index is 10.8. The molecule has 3 atom stereocenters. The first-order valence-corrected chi connectivity index (χ1v) is 4.95. The van der Waals surface area contributed by atoms with Crippen LogP contribution in [-0.2, 0) is 23.8 Å². The molecule has 5 nitrogen and oxygen atoms in total. The van der Waals surface area contributed by atoms with Gasteiger partial charge >= 0.3 is 11.9 Å². The largest absolute Gasteiger partial charge is 0.463 e. The van der Waals surface area contributed by atoms with E-state index in [1.165, 1.54) is 13.8 Å². The molecular formula is C10H16O5. The van der Waals surface area contributed by atoms with E-state index >= 15 is 0 Å². The predicted molar refractivity (Wildman–Crippen MR) is 51.1 cm³/mol. The van der Waals surface area contributed by atoms with Crippen LogP contribution in [0.25, 0.3) is 0 Å². The van der Waals surface area contributed by atoms with Crippen molar-refractivity contribution in [1.82, 2.24) is 0 Å². The van der Waals surface area contributed by atoms with Crippen LogP contribution in [-0.4, -0.2) is 36.9 Å². The lowest BCUT2D eigenvalue weighted by Crippen LogP contribution is -2.31. The first-order valence-electron chi connectivity index (χ1n) is 4.95. The number of carbonyl (C=O) groups excluding carboxylic acids is 2. The van der Waals surface area contributed by atoms with E-state index in [0.29, 0.717) is 6.42 Å². The highest BCUT2D eigenvalue weighted by molar-refractivity contribution is 5.66. The average molecular weight is 216 g/mol. The van der Waals surface area contributed by atoms with Gasteiger partial charge in [-0.25, -0.2) is 0 Å². The van der Waals surface area contributed by atoms with Crippen LogP contribution in [0.15, 0.2) is 0 Å². The van der Waals surface area contributed by atoms with E-state index < -0.39 is 0 Å². The van der Waals surface area contributed by atoms with Crippen molar-refractivity contribution >= 4 is 11.9 Å². The van der Waals surface area contributed by atoms with E-state index in [2.05, 4.69) is 0 Å². The van der Waals surface area contributed by atoms with E-state index in [0.717, 1.165) is 0 Å². The quantitative estimate of drug-likeness (QED) is 0.648. The van der Waals surface area contributed by atoms with E-state index in [1.807, 2.05) is 6.92 Å². The fourth-order valence-corrected chi connectivity index (χ4v) is 1.60. The Bertz CT molecular complexity index is 250. The molecule has 0 aliphatic carbocycles. The van der Waals surface area contributed by atoms with E-state index in [1.54, 1.807) is 0 Å². The molecule has 0 aromatic rings. The van der Waals surface area contributed by atoms with Gasteiger partial charge in [-0.3, -0.25) is 9.59 Å². The Morgan fingerprint density at radius 3 is 2.53 bits per heavy atom. The van der Waals surface area contributed by atoms with Crippen molar-refractivity contribution in [3.63, 3.8) is 0 Å². The van der Waals surface area contributed by atoms with E-state index in [-0.39, 0.29) is 36.9 Å².